The van der Waals surface area contributed by atoms with E-state index in [1.807, 2.05) is 25.3 Å². The number of hydrogen-bond donors (Lipinski definition) is 2. The molecule has 2 N–H and O–H groups in total. The largest absolute Gasteiger partial charge is 0.416 e. The van der Waals surface area contributed by atoms with Crippen molar-refractivity contribution < 1.29 is 13.2 Å². The first kappa shape index (κ1) is 17.5. The Balaban J connectivity index is 1.90. The van der Waals surface area contributed by atoms with Crippen LogP contribution in [0, 0.1) is 0 Å². The molecular formula is C17H17F3N4S. The zero-order chi connectivity index (χ0) is 18.0. The van der Waals surface area contributed by atoms with Crippen molar-refractivity contribution in [1.29, 1.82) is 0 Å². The molecule has 0 radical (unpaired) electrons. The number of nitrogens with one attached hydrogen (secondary N) is 2. The van der Waals surface area contributed by atoms with Crippen LogP contribution in [0.4, 0.5) is 24.9 Å². The van der Waals surface area contributed by atoms with E-state index in [4.69, 9.17) is 0 Å². The van der Waals surface area contributed by atoms with Crippen LogP contribution in [0.5, 0.6) is 0 Å². The fraction of sp³-hybridized carbons (Fsp3) is 0.294. The lowest BCUT2D eigenvalue weighted by Gasteiger charge is -2.15. The van der Waals surface area contributed by atoms with Crippen LogP contribution in [0.2, 0.25) is 0 Å². The second-order valence-electron chi connectivity index (χ2n) is 5.84. The van der Waals surface area contributed by atoms with Crippen LogP contribution in [-0.4, -0.2) is 16.0 Å². The number of rotatable bonds is 5. The first-order valence-electron chi connectivity index (χ1n) is 7.75. The second-order valence-corrected chi connectivity index (χ2v) is 6.75. The summed E-state index contributed by atoms with van der Waals surface area (Å²) < 4.78 is 40.2. The van der Waals surface area contributed by atoms with Gasteiger partial charge in [0.1, 0.15) is 5.82 Å². The van der Waals surface area contributed by atoms with E-state index in [1.54, 1.807) is 6.07 Å². The van der Waals surface area contributed by atoms with E-state index in [0.717, 1.165) is 16.3 Å². The van der Waals surface area contributed by atoms with E-state index < -0.39 is 11.7 Å². The van der Waals surface area contributed by atoms with Gasteiger partial charge in [0, 0.05) is 12.6 Å². The zero-order valence-corrected chi connectivity index (χ0v) is 14.5. The third kappa shape index (κ3) is 4.01. The van der Waals surface area contributed by atoms with E-state index in [9.17, 15) is 13.2 Å². The lowest BCUT2D eigenvalue weighted by atomic mass is 10.1. The molecule has 8 heteroatoms. The van der Waals surface area contributed by atoms with Crippen molar-refractivity contribution in [3.63, 3.8) is 0 Å². The van der Waals surface area contributed by atoms with E-state index in [-0.39, 0.29) is 18.2 Å². The molecule has 2 aromatic heterocycles. The minimum absolute atomic E-state index is 0.0286. The van der Waals surface area contributed by atoms with Crippen molar-refractivity contribution in [3.05, 3.63) is 46.8 Å². The Bertz CT molecular complexity index is 874. The second kappa shape index (κ2) is 6.87. The quantitative estimate of drug-likeness (QED) is 0.656. The van der Waals surface area contributed by atoms with Crippen LogP contribution in [0.15, 0.2) is 35.7 Å². The van der Waals surface area contributed by atoms with Crippen LogP contribution < -0.4 is 10.6 Å². The van der Waals surface area contributed by atoms with Crippen LogP contribution in [0.3, 0.4) is 0 Å². The smallest absolute Gasteiger partial charge is 0.365 e. The summed E-state index contributed by atoms with van der Waals surface area (Å²) in [7, 11) is 0. The Morgan fingerprint density at radius 1 is 1.12 bits per heavy atom. The molecule has 0 aliphatic carbocycles. The fourth-order valence-electron chi connectivity index (χ4n) is 2.44. The average molecular weight is 366 g/mol. The topological polar surface area (TPSA) is 49.8 Å². The molecule has 0 saturated heterocycles. The molecule has 0 fully saturated rings. The average Bonchev–Trinajstić information content (AvgIpc) is 3.00. The molecule has 0 bridgehead atoms. The van der Waals surface area contributed by atoms with Gasteiger partial charge >= 0.3 is 6.18 Å². The van der Waals surface area contributed by atoms with Crippen molar-refractivity contribution >= 4 is 33.3 Å². The molecule has 4 nitrogen and oxygen atoms in total. The van der Waals surface area contributed by atoms with Gasteiger partial charge < -0.3 is 10.6 Å². The summed E-state index contributed by atoms with van der Waals surface area (Å²) in [6.45, 7) is 3.96. The predicted molar refractivity (Wildman–Crippen MR) is 94.9 cm³/mol. The lowest BCUT2D eigenvalue weighted by molar-refractivity contribution is -0.138. The number of alkyl halides is 3. The van der Waals surface area contributed by atoms with Crippen LogP contribution in [0.25, 0.3) is 10.2 Å². The number of hydrogen-bond acceptors (Lipinski definition) is 5. The van der Waals surface area contributed by atoms with Gasteiger partial charge in [0.2, 0.25) is 5.95 Å². The molecule has 0 aliphatic heterocycles. The Morgan fingerprint density at radius 3 is 2.60 bits per heavy atom. The maximum atomic E-state index is 13.1. The Labute approximate surface area is 147 Å². The zero-order valence-electron chi connectivity index (χ0n) is 13.7. The molecule has 0 unspecified atom stereocenters. The van der Waals surface area contributed by atoms with E-state index in [2.05, 4.69) is 20.6 Å². The number of aromatic nitrogens is 2. The number of benzene rings is 1. The SMILES string of the molecule is CC(C)Nc1nc(NCc2ccccc2C(F)(F)F)c2sccc2n1. The first-order chi connectivity index (χ1) is 11.8. The van der Waals surface area contributed by atoms with Gasteiger partial charge in [-0.2, -0.15) is 18.2 Å². The highest BCUT2D eigenvalue weighted by atomic mass is 32.1. The van der Waals surface area contributed by atoms with Gasteiger partial charge in [-0.05, 0) is 36.9 Å². The maximum Gasteiger partial charge on any atom is 0.416 e. The fourth-order valence-corrected chi connectivity index (χ4v) is 3.23. The van der Waals surface area contributed by atoms with Crippen LogP contribution >= 0.6 is 11.3 Å². The standard InChI is InChI=1S/C17H17F3N4S/c1-10(2)22-16-23-13-7-8-25-14(13)15(24-16)21-9-11-5-3-4-6-12(11)17(18,19)20/h3-8,10H,9H2,1-2H3,(H2,21,22,23,24). The summed E-state index contributed by atoms with van der Waals surface area (Å²) in [5.41, 5.74) is 0.297. The molecule has 1 aromatic carbocycles. The minimum Gasteiger partial charge on any atom is -0.365 e. The van der Waals surface area contributed by atoms with Crippen molar-refractivity contribution in [1.82, 2.24) is 9.97 Å². The number of thiophene rings is 1. The third-order valence-electron chi connectivity index (χ3n) is 3.49. The molecule has 2 heterocycles. The van der Waals surface area contributed by atoms with Crippen molar-refractivity contribution in [2.75, 3.05) is 10.6 Å². The monoisotopic (exact) mass is 366 g/mol. The number of halogens is 3. The lowest BCUT2D eigenvalue weighted by Crippen LogP contribution is -2.14. The number of anilines is 2. The molecule has 0 spiro atoms. The van der Waals surface area contributed by atoms with Gasteiger partial charge in [0.05, 0.1) is 15.8 Å². The molecule has 3 rings (SSSR count). The van der Waals surface area contributed by atoms with Crippen molar-refractivity contribution in [2.45, 2.75) is 32.6 Å². The van der Waals surface area contributed by atoms with Crippen molar-refractivity contribution in [2.24, 2.45) is 0 Å². The summed E-state index contributed by atoms with van der Waals surface area (Å²) in [5.74, 6) is 0.979. The van der Waals surface area contributed by atoms with Gasteiger partial charge in [0.15, 0.2) is 0 Å². The predicted octanol–water partition coefficient (Wildman–Crippen LogP) is 5.14. The third-order valence-corrected chi connectivity index (χ3v) is 4.40. The molecule has 132 valence electrons. The highest BCUT2D eigenvalue weighted by molar-refractivity contribution is 7.17. The minimum atomic E-state index is -4.38. The van der Waals surface area contributed by atoms with Gasteiger partial charge in [-0.1, -0.05) is 18.2 Å². The van der Waals surface area contributed by atoms with Crippen molar-refractivity contribution in [3.8, 4) is 0 Å². The van der Waals surface area contributed by atoms with Gasteiger partial charge in [-0.25, -0.2) is 4.98 Å². The summed E-state index contributed by atoms with van der Waals surface area (Å²) in [5, 5.41) is 8.04. The molecular weight excluding hydrogens is 349 g/mol. The Morgan fingerprint density at radius 2 is 1.88 bits per heavy atom. The van der Waals surface area contributed by atoms with Crippen LogP contribution in [-0.2, 0) is 12.7 Å². The van der Waals surface area contributed by atoms with Crippen LogP contribution in [0.1, 0.15) is 25.0 Å². The summed E-state index contributed by atoms with van der Waals surface area (Å²) in [6.07, 6.45) is -4.38. The highest BCUT2D eigenvalue weighted by Gasteiger charge is 2.32. The maximum absolute atomic E-state index is 13.1. The Kier molecular flexibility index (Phi) is 4.80. The van der Waals surface area contributed by atoms with E-state index in [1.165, 1.54) is 23.5 Å². The number of nitrogens with zero attached hydrogens (tertiary/aromatic N) is 2. The Hall–Kier alpha value is -2.35. The highest BCUT2D eigenvalue weighted by Crippen LogP contribution is 2.33. The molecule has 0 amide bonds. The summed E-state index contributed by atoms with van der Waals surface area (Å²) in [6, 6.07) is 7.55. The summed E-state index contributed by atoms with van der Waals surface area (Å²) in [4.78, 5) is 8.83. The van der Waals surface area contributed by atoms with Gasteiger partial charge in [0.25, 0.3) is 0 Å². The summed E-state index contributed by atoms with van der Waals surface area (Å²) >= 11 is 1.45. The molecule has 25 heavy (non-hydrogen) atoms. The van der Waals surface area contributed by atoms with Gasteiger partial charge in [-0.3, -0.25) is 0 Å². The van der Waals surface area contributed by atoms with E-state index >= 15 is 0 Å². The van der Waals surface area contributed by atoms with Gasteiger partial charge in [-0.15, -0.1) is 11.3 Å². The first-order valence-corrected chi connectivity index (χ1v) is 8.63. The molecule has 3 aromatic rings. The molecule has 0 atom stereocenters. The van der Waals surface area contributed by atoms with E-state index in [0.29, 0.717) is 11.8 Å². The molecule has 0 aliphatic rings. The normalized spacial score (nSPS) is 11.9. The number of fused-ring (bicyclic) bond motifs is 1. The molecule has 0 saturated carbocycles.